The molecule has 1 saturated heterocycles. The standard InChI is InChI=1S/C26H42F2O5/c1-3-4-10-16-26(27,28)17-15-21-20(12-7-5-6-8-13-24(30)31-2)22(29)19-23(21)33-25-14-9-11-18-32-25/h5,7,15,17,20-23,25,29H,3-4,6,8-14,16,18-19H2,1-2H3/b7-5+,17-15+/t20-,21-,22+,23-,25?/m1/s1. The van der Waals surface area contributed by atoms with E-state index in [1.165, 1.54) is 7.11 Å². The molecule has 1 saturated carbocycles. The Balaban J connectivity index is 2.00. The summed E-state index contributed by atoms with van der Waals surface area (Å²) < 4.78 is 45.4. The van der Waals surface area contributed by atoms with Gasteiger partial charge in [0.15, 0.2) is 6.29 Å². The summed E-state index contributed by atoms with van der Waals surface area (Å²) in [6, 6.07) is 0. The maximum Gasteiger partial charge on any atom is 0.305 e. The van der Waals surface area contributed by atoms with Crippen LogP contribution in [-0.2, 0) is 19.0 Å². The highest BCUT2D eigenvalue weighted by Crippen LogP contribution is 2.40. The molecule has 2 aliphatic rings. The number of ether oxygens (including phenoxy) is 3. The largest absolute Gasteiger partial charge is 0.469 e. The summed E-state index contributed by atoms with van der Waals surface area (Å²) in [6.45, 7) is 2.64. The van der Waals surface area contributed by atoms with Crippen molar-refractivity contribution in [1.29, 1.82) is 0 Å². The van der Waals surface area contributed by atoms with E-state index in [-0.39, 0.29) is 36.6 Å². The molecule has 0 aromatic heterocycles. The lowest BCUT2D eigenvalue weighted by atomic mass is 9.89. The Morgan fingerprint density at radius 3 is 2.73 bits per heavy atom. The molecule has 5 atom stereocenters. The molecule has 0 amide bonds. The van der Waals surface area contributed by atoms with Gasteiger partial charge in [0, 0.05) is 31.8 Å². The number of rotatable bonds is 14. The van der Waals surface area contributed by atoms with Crippen LogP contribution >= 0.6 is 0 Å². The second-order valence-corrected chi connectivity index (χ2v) is 9.27. The minimum atomic E-state index is -2.86. The van der Waals surface area contributed by atoms with Crippen molar-refractivity contribution in [2.75, 3.05) is 13.7 Å². The Morgan fingerprint density at radius 2 is 2.03 bits per heavy atom. The molecule has 1 heterocycles. The minimum absolute atomic E-state index is 0.158. The number of aliphatic hydroxyl groups is 1. The van der Waals surface area contributed by atoms with Crippen molar-refractivity contribution in [1.82, 2.24) is 0 Å². The number of unbranched alkanes of at least 4 members (excludes halogenated alkanes) is 3. The van der Waals surface area contributed by atoms with E-state index in [2.05, 4.69) is 4.74 Å². The predicted molar refractivity (Wildman–Crippen MR) is 124 cm³/mol. The van der Waals surface area contributed by atoms with Gasteiger partial charge in [-0.15, -0.1) is 0 Å². The van der Waals surface area contributed by atoms with Gasteiger partial charge >= 0.3 is 5.97 Å². The highest BCUT2D eigenvalue weighted by molar-refractivity contribution is 5.69. The first-order valence-corrected chi connectivity index (χ1v) is 12.6. The molecule has 7 heteroatoms. The fourth-order valence-corrected chi connectivity index (χ4v) is 4.63. The summed E-state index contributed by atoms with van der Waals surface area (Å²) >= 11 is 0. The zero-order chi connectivity index (χ0) is 24.1. The normalized spacial score (nSPS) is 28.7. The molecular weight excluding hydrogens is 430 g/mol. The van der Waals surface area contributed by atoms with E-state index < -0.39 is 12.0 Å². The van der Waals surface area contributed by atoms with Crippen molar-refractivity contribution < 1.29 is 32.9 Å². The number of alkyl halides is 2. The van der Waals surface area contributed by atoms with E-state index in [4.69, 9.17) is 9.47 Å². The fraction of sp³-hybridized carbons (Fsp3) is 0.808. The smallest absolute Gasteiger partial charge is 0.305 e. The van der Waals surface area contributed by atoms with Crippen molar-refractivity contribution in [2.24, 2.45) is 11.8 Å². The number of methoxy groups -OCH3 is 1. The van der Waals surface area contributed by atoms with Gasteiger partial charge < -0.3 is 19.3 Å². The maximum absolute atomic E-state index is 14.4. The molecule has 1 unspecified atom stereocenters. The Morgan fingerprint density at radius 1 is 1.21 bits per heavy atom. The Bertz CT molecular complexity index is 616. The summed E-state index contributed by atoms with van der Waals surface area (Å²) in [5.41, 5.74) is 0. The molecule has 0 radical (unpaired) electrons. The van der Waals surface area contributed by atoms with Crippen molar-refractivity contribution in [3.63, 3.8) is 0 Å². The lowest BCUT2D eigenvalue weighted by molar-refractivity contribution is -0.193. The molecule has 1 aliphatic carbocycles. The topological polar surface area (TPSA) is 65.0 Å². The van der Waals surface area contributed by atoms with Gasteiger partial charge in [0.2, 0.25) is 0 Å². The highest BCUT2D eigenvalue weighted by Gasteiger charge is 2.43. The summed E-state index contributed by atoms with van der Waals surface area (Å²) in [5, 5.41) is 10.7. The molecule has 33 heavy (non-hydrogen) atoms. The predicted octanol–water partition coefficient (Wildman–Crippen LogP) is 5.96. The van der Waals surface area contributed by atoms with Crippen LogP contribution in [0.25, 0.3) is 0 Å². The number of carbonyl (C=O) groups is 1. The van der Waals surface area contributed by atoms with Crippen LogP contribution in [-0.4, -0.2) is 49.2 Å². The first kappa shape index (κ1) is 27.9. The van der Waals surface area contributed by atoms with Crippen LogP contribution in [0.4, 0.5) is 8.78 Å². The van der Waals surface area contributed by atoms with Gasteiger partial charge in [-0.2, -0.15) is 0 Å². The number of aliphatic hydroxyl groups excluding tert-OH is 1. The van der Waals surface area contributed by atoms with Crippen LogP contribution in [0.2, 0.25) is 0 Å². The van der Waals surface area contributed by atoms with Gasteiger partial charge in [-0.05, 0) is 56.9 Å². The third kappa shape index (κ3) is 10.2. The second kappa shape index (κ2) is 14.8. The molecule has 1 N–H and O–H groups in total. The first-order chi connectivity index (χ1) is 15.9. The van der Waals surface area contributed by atoms with Crippen LogP contribution in [0.3, 0.4) is 0 Å². The van der Waals surface area contributed by atoms with Crippen molar-refractivity contribution in [3.05, 3.63) is 24.3 Å². The molecule has 2 fully saturated rings. The maximum atomic E-state index is 14.4. The van der Waals surface area contributed by atoms with Gasteiger partial charge in [0.25, 0.3) is 5.92 Å². The number of hydrogen-bond donors (Lipinski definition) is 1. The number of hydrogen-bond acceptors (Lipinski definition) is 5. The molecular formula is C26H42F2O5. The quantitative estimate of drug-likeness (QED) is 0.192. The van der Waals surface area contributed by atoms with Crippen LogP contribution < -0.4 is 0 Å². The molecule has 0 aromatic rings. The van der Waals surface area contributed by atoms with E-state index >= 15 is 0 Å². The van der Waals surface area contributed by atoms with E-state index in [1.54, 1.807) is 6.08 Å². The molecule has 1 aliphatic heterocycles. The SMILES string of the molecule is CCCCCC(F)(F)/C=C/[C@@H]1[C@@H](C/C=C/CCCC(=O)OC)[C@@H](O)C[C@H]1OC1CCCCO1. The monoisotopic (exact) mass is 472 g/mol. The van der Waals surface area contributed by atoms with Gasteiger partial charge in [0.1, 0.15) is 0 Å². The zero-order valence-electron chi connectivity index (χ0n) is 20.2. The van der Waals surface area contributed by atoms with E-state index in [0.717, 1.165) is 44.6 Å². The molecule has 0 aromatic carbocycles. The minimum Gasteiger partial charge on any atom is -0.469 e. The van der Waals surface area contributed by atoms with Gasteiger partial charge in [0.05, 0.1) is 19.3 Å². The van der Waals surface area contributed by atoms with Gasteiger partial charge in [-0.1, -0.05) is 38.0 Å². The molecule has 2 rings (SSSR count). The van der Waals surface area contributed by atoms with Gasteiger partial charge in [-0.3, -0.25) is 4.79 Å². The Hall–Kier alpha value is -1.31. The average Bonchev–Trinajstić information content (AvgIpc) is 3.09. The van der Waals surface area contributed by atoms with Crippen LogP contribution in [0, 0.1) is 11.8 Å². The highest BCUT2D eigenvalue weighted by atomic mass is 19.3. The Kier molecular flexibility index (Phi) is 12.6. The van der Waals surface area contributed by atoms with Crippen LogP contribution in [0.15, 0.2) is 24.3 Å². The van der Waals surface area contributed by atoms with E-state index in [0.29, 0.717) is 38.7 Å². The lowest BCUT2D eigenvalue weighted by Crippen LogP contribution is -2.31. The zero-order valence-corrected chi connectivity index (χ0v) is 20.2. The second-order valence-electron chi connectivity index (χ2n) is 9.27. The lowest BCUT2D eigenvalue weighted by Gasteiger charge is -2.29. The number of carbonyl (C=O) groups excluding carboxylic acids is 1. The van der Waals surface area contributed by atoms with Crippen LogP contribution in [0.5, 0.6) is 0 Å². The molecule has 0 spiro atoms. The molecule has 0 bridgehead atoms. The third-order valence-corrected chi connectivity index (χ3v) is 6.59. The van der Waals surface area contributed by atoms with Crippen molar-refractivity contribution in [3.8, 4) is 0 Å². The average molecular weight is 473 g/mol. The summed E-state index contributed by atoms with van der Waals surface area (Å²) in [5.74, 6) is -3.59. The summed E-state index contributed by atoms with van der Waals surface area (Å²) in [6.07, 6.45) is 12.9. The van der Waals surface area contributed by atoms with Crippen LogP contribution in [0.1, 0.15) is 84.0 Å². The van der Waals surface area contributed by atoms with E-state index in [1.807, 2.05) is 19.1 Å². The number of allylic oxidation sites excluding steroid dienone is 3. The summed E-state index contributed by atoms with van der Waals surface area (Å²) in [4.78, 5) is 11.2. The first-order valence-electron chi connectivity index (χ1n) is 12.6. The van der Waals surface area contributed by atoms with E-state index in [9.17, 15) is 18.7 Å². The summed E-state index contributed by atoms with van der Waals surface area (Å²) in [7, 11) is 1.37. The van der Waals surface area contributed by atoms with Gasteiger partial charge in [-0.25, -0.2) is 8.78 Å². The number of esters is 1. The van der Waals surface area contributed by atoms with Crippen molar-refractivity contribution >= 4 is 5.97 Å². The third-order valence-electron chi connectivity index (χ3n) is 6.59. The number of halogens is 2. The fourth-order valence-electron chi connectivity index (χ4n) is 4.63. The molecule has 5 nitrogen and oxygen atoms in total. The Labute approximate surface area is 197 Å². The molecule has 190 valence electrons. The van der Waals surface area contributed by atoms with Crippen molar-refractivity contribution in [2.45, 2.75) is 108 Å².